The van der Waals surface area contributed by atoms with E-state index in [2.05, 4.69) is 72.9 Å². The van der Waals surface area contributed by atoms with Crippen molar-refractivity contribution in [3.05, 3.63) is 90.0 Å². The van der Waals surface area contributed by atoms with E-state index >= 15 is 0 Å². The third kappa shape index (κ3) is 7.47. The van der Waals surface area contributed by atoms with Crippen LogP contribution in [0, 0.1) is 0 Å². The molecule has 1 N–H and O–H groups in total. The number of anilines is 1. The summed E-state index contributed by atoms with van der Waals surface area (Å²) in [5.74, 6) is 1.85. The Balaban J connectivity index is 1.44. The predicted octanol–water partition coefficient (Wildman–Crippen LogP) is 6.88. The van der Waals surface area contributed by atoms with Gasteiger partial charge in [0.15, 0.2) is 0 Å². The average molecular weight is 404 g/mol. The minimum atomic E-state index is 0.706. The van der Waals surface area contributed by atoms with Crippen molar-refractivity contribution in [2.24, 2.45) is 0 Å². The second-order valence-corrected chi connectivity index (χ2v) is 7.49. The number of ether oxygens (including phenoxy) is 2. The van der Waals surface area contributed by atoms with Crippen molar-refractivity contribution in [3.8, 4) is 11.5 Å². The van der Waals surface area contributed by atoms with Crippen LogP contribution in [0.4, 0.5) is 5.69 Å². The van der Waals surface area contributed by atoms with Gasteiger partial charge in [-0.15, -0.1) is 0 Å². The zero-order valence-corrected chi connectivity index (χ0v) is 18.0. The van der Waals surface area contributed by atoms with Gasteiger partial charge in [0.1, 0.15) is 11.5 Å². The van der Waals surface area contributed by atoms with Gasteiger partial charge in [-0.1, -0.05) is 74.4 Å². The van der Waals surface area contributed by atoms with Crippen molar-refractivity contribution in [2.75, 3.05) is 18.5 Å². The van der Waals surface area contributed by atoms with Crippen LogP contribution in [0.2, 0.25) is 0 Å². The zero-order valence-electron chi connectivity index (χ0n) is 18.0. The van der Waals surface area contributed by atoms with Gasteiger partial charge in [-0.3, -0.25) is 0 Å². The lowest BCUT2D eigenvalue weighted by atomic mass is 10.1. The molecule has 0 saturated heterocycles. The first-order valence-electron chi connectivity index (χ1n) is 11.1. The Morgan fingerprint density at radius 3 is 2.20 bits per heavy atom. The summed E-state index contributed by atoms with van der Waals surface area (Å²) in [4.78, 5) is 0. The summed E-state index contributed by atoms with van der Waals surface area (Å²) in [6, 6.07) is 27.0. The van der Waals surface area contributed by atoms with E-state index in [1.165, 1.54) is 24.0 Å². The number of para-hydroxylation sites is 2. The Morgan fingerprint density at radius 2 is 1.40 bits per heavy atom. The first-order chi connectivity index (χ1) is 14.8. The van der Waals surface area contributed by atoms with Gasteiger partial charge in [-0.25, -0.2) is 0 Å². The van der Waals surface area contributed by atoms with Crippen molar-refractivity contribution < 1.29 is 9.47 Å². The van der Waals surface area contributed by atoms with Gasteiger partial charge in [0.2, 0.25) is 0 Å². The SMILES string of the molecule is CCCCCOc1ccc(CNc2ccccc2OCCCc2ccccc2)cc1. The monoisotopic (exact) mass is 403 g/mol. The highest BCUT2D eigenvalue weighted by atomic mass is 16.5. The van der Waals surface area contributed by atoms with Crippen LogP contribution < -0.4 is 14.8 Å². The summed E-state index contributed by atoms with van der Waals surface area (Å²) < 4.78 is 11.8. The molecule has 158 valence electrons. The van der Waals surface area contributed by atoms with Gasteiger partial charge >= 0.3 is 0 Å². The maximum absolute atomic E-state index is 6.05. The molecule has 0 fully saturated rings. The van der Waals surface area contributed by atoms with Crippen molar-refractivity contribution in [3.63, 3.8) is 0 Å². The Labute approximate surface area is 181 Å². The molecule has 0 aliphatic heterocycles. The van der Waals surface area contributed by atoms with Crippen LogP contribution in [0.5, 0.6) is 11.5 Å². The van der Waals surface area contributed by atoms with Gasteiger partial charge < -0.3 is 14.8 Å². The van der Waals surface area contributed by atoms with Gasteiger partial charge in [0, 0.05) is 6.54 Å². The quantitative estimate of drug-likeness (QED) is 0.316. The normalized spacial score (nSPS) is 10.6. The van der Waals surface area contributed by atoms with Crippen LogP contribution in [-0.4, -0.2) is 13.2 Å². The van der Waals surface area contributed by atoms with Crippen LogP contribution in [-0.2, 0) is 13.0 Å². The molecule has 0 amide bonds. The van der Waals surface area contributed by atoms with E-state index in [-0.39, 0.29) is 0 Å². The Morgan fingerprint density at radius 1 is 0.667 bits per heavy atom. The van der Waals surface area contributed by atoms with Crippen molar-refractivity contribution in [2.45, 2.75) is 45.6 Å². The fourth-order valence-electron chi connectivity index (χ4n) is 3.28. The fraction of sp³-hybridized carbons (Fsp3) is 0.333. The van der Waals surface area contributed by atoms with Crippen LogP contribution in [0.3, 0.4) is 0 Å². The minimum absolute atomic E-state index is 0.706. The second-order valence-electron chi connectivity index (χ2n) is 7.49. The summed E-state index contributed by atoms with van der Waals surface area (Å²) in [6.07, 6.45) is 5.57. The van der Waals surface area contributed by atoms with Crippen molar-refractivity contribution >= 4 is 5.69 Å². The largest absolute Gasteiger partial charge is 0.494 e. The summed E-state index contributed by atoms with van der Waals surface area (Å²) in [5, 5.41) is 3.50. The van der Waals surface area contributed by atoms with Crippen LogP contribution in [0.1, 0.15) is 43.7 Å². The molecule has 0 saturated carbocycles. The number of rotatable bonds is 13. The lowest BCUT2D eigenvalue weighted by molar-refractivity contribution is 0.306. The molecule has 0 aliphatic rings. The standard InChI is InChI=1S/C27H33NO2/c1-2-3-9-20-29-25-18-16-24(17-19-25)22-28-26-14-7-8-15-27(26)30-21-10-13-23-11-5-4-6-12-23/h4-8,11-12,14-19,28H,2-3,9-10,13,20-22H2,1H3. The molecule has 30 heavy (non-hydrogen) atoms. The zero-order chi connectivity index (χ0) is 20.9. The van der Waals surface area contributed by atoms with E-state index in [0.717, 1.165) is 49.6 Å². The van der Waals surface area contributed by atoms with E-state index in [1.54, 1.807) is 0 Å². The smallest absolute Gasteiger partial charge is 0.142 e. The van der Waals surface area contributed by atoms with Gasteiger partial charge in [-0.2, -0.15) is 0 Å². The Kier molecular flexibility index (Phi) is 9.13. The Hall–Kier alpha value is -2.94. The first-order valence-corrected chi connectivity index (χ1v) is 11.1. The van der Waals surface area contributed by atoms with E-state index in [9.17, 15) is 0 Å². The van der Waals surface area contributed by atoms with Crippen LogP contribution in [0.15, 0.2) is 78.9 Å². The third-order valence-electron chi connectivity index (χ3n) is 5.02. The van der Waals surface area contributed by atoms with Gasteiger partial charge in [-0.05, 0) is 54.7 Å². The molecule has 0 unspecified atom stereocenters. The summed E-state index contributed by atoms with van der Waals surface area (Å²) in [7, 11) is 0. The molecule has 0 aromatic heterocycles. The molecule has 3 nitrogen and oxygen atoms in total. The summed E-state index contributed by atoms with van der Waals surface area (Å²) >= 11 is 0. The molecular weight excluding hydrogens is 370 g/mol. The highest BCUT2D eigenvalue weighted by molar-refractivity contribution is 5.56. The van der Waals surface area contributed by atoms with Crippen molar-refractivity contribution in [1.29, 1.82) is 0 Å². The number of aryl methyl sites for hydroxylation is 1. The lowest BCUT2D eigenvalue weighted by Crippen LogP contribution is -2.05. The number of nitrogens with one attached hydrogen (secondary N) is 1. The summed E-state index contributed by atoms with van der Waals surface area (Å²) in [5.41, 5.74) is 3.59. The molecular formula is C27H33NO2. The predicted molar refractivity (Wildman–Crippen MR) is 125 cm³/mol. The molecule has 0 bridgehead atoms. The van der Waals surface area contributed by atoms with E-state index in [0.29, 0.717) is 6.61 Å². The highest BCUT2D eigenvalue weighted by Crippen LogP contribution is 2.25. The maximum atomic E-state index is 6.05. The number of benzene rings is 3. The summed E-state index contributed by atoms with van der Waals surface area (Å²) in [6.45, 7) is 4.45. The molecule has 0 aliphatic carbocycles. The molecule has 0 heterocycles. The molecule has 3 aromatic rings. The molecule has 0 atom stereocenters. The number of hydrogen-bond donors (Lipinski definition) is 1. The van der Waals surface area contributed by atoms with E-state index < -0.39 is 0 Å². The minimum Gasteiger partial charge on any atom is -0.494 e. The molecule has 3 rings (SSSR count). The van der Waals surface area contributed by atoms with Gasteiger partial charge in [0.05, 0.1) is 18.9 Å². The van der Waals surface area contributed by atoms with Crippen LogP contribution in [0.25, 0.3) is 0 Å². The highest BCUT2D eigenvalue weighted by Gasteiger charge is 2.04. The van der Waals surface area contributed by atoms with Gasteiger partial charge in [0.25, 0.3) is 0 Å². The number of unbranched alkanes of at least 4 members (excludes halogenated alkanes) is 2. The topological polar surface area (TPSA) is 30.5 Å². The maximum Gasteiger partial charge on any atom is 0.142 e. The van der Waals surface area contributed by atoms with Crippen molar-refractivity contribution in [1.82, 2.24) is 0 Å². The third-order valence-corrected chi connectivity index (χ3v) is 5.02. The Bertz CT molecular complexity index is 846. The average Bonchev–Trinajstić information content (AvgIpc) is 2.80. The number of hydrogen-bond acceptors (Lipinski definition) is 3. The second kappa shape index (κ2) is 12.6. The lowest BCUT2D eigenvalue weighted by Gasteiger charge is -2.14. The fourth-order valence-corrected chi connectivity index (χ4v) is 3.28. The molecule has 3 heteroatoms. The van der Waals surface area contributed by atoms with Crippen LogP contribution >= 0.6 is 0 Å². The first kappa shape index (κ1) is 21.8. The van der Waals surface area contributed by atoms with E-state index in [4.69, 9.17) is 9.47 Å². The van der Waals surface area contributed by atoms with E-state index in [1.807, 2.05) is 18.2 Å². The molecule has 0 radical (unpaired) electrons. The molecule has 3 aromatic carbocycles. The molecule has 0 spiro atoms.